The number of aryl methyl sites for hydroxylation is 1. The van der Waals surface area contributed by atoms with Gasteiger partial charge in [-0.3, -0.25) is 4.79 Å². The zero-order valence-corrected chi connectivity index (χ0v) is 17.2. The predicted molar refractivity (Wildman–Crippen MR) is 112 cm³/mol. The maximum absolute atomic E-state index is 12.5. The Balaban J connectivity index is 1.20. The van der Waals surface area contributed by atoms with E-state index in [2.05, 4.69) is 44.0 Å². The van der Waals surface area contributed by atoms with Crippen molar-refractivity contribution in [3.8, 4) is 0 Å². The molecule has 2 aliphatic carbocycles. The molecule has 1 N–H and O–H groups in total. The van der Waals surface area contributed by atoms with E-state index in [4.69, 9.17) is 0 Å². The van der Waals surface area contributed by atoms with Crippen molar-refractivity contribution in [2.45, 2.75) is 62.6 Å². The van der Waals surface area contributed by atoms with E-state index in [1.807, 2.05) is 6.07 Å². The number of hydrogen-bond donors (Lipinski definition) is 1. The van der Waals surface area contributed by atoms with E-state index in [0.29, 0.717) is 17.7 Å². The number of carbonyl (C=O) groups excluding carboxylic acids is 1. The first-order chi connectivity index (χ1) is 13.7. The van der Waals surface area contributed by atoms with Crippen molar-refractivity contribution in [1.82, 2.24) is 14.8 Å². The van der Waals surface area contributed by atoms with Gasteiger partial charge in [-0.25, -0.2) is 0 Å². The summed E-state index contributed by atoms with van der Waals surface area (Å²) in [4.78, 5) is 14.9. The maximum Gasteiger partial charge on any atom is 0.234 e. The Morgan fingerprint density at radius 2 is 1.96 bits per heavy atom. The highest BCUT2D eigenvalue weighted by molar-refractivity contribution is 7.99. The molecule has 3 fully saturated rings. The average molecular weight is 398 g/mol. The topological polar surface area (TPSA) is 63.1 Å². The number of thioether (sulfide) groups is 1. The zero-order chi connectivity index (χ0) is 19.1. The van der Waals surface area contributed by atoms with Gasteiger partial charge in [0, 0.05) is 36.4 Å². The molecule has 5 rings (SSSR count). The summed E-state index contributed by atoms with van der Waals surface area (Å²) >= 11 is 1.51. The van der Waals surface area contributed by atoms with Gasteiger partial charge in [-0.05, 0) is 69.2 Å². The van der Waals surface area contributed by atoms with Crippen LogP contribution in [0.5, 0.6) is 0 Å². The molecule has 2 heterocycles. The van der Waals surface area contributed by atoms with Crippen LogP contribution in [0.4, 0.5) is 11.4 Å². The molecule has 0 radical (unpaired) electrons. The van der Waals surface area contributed by atoms with Crippen molar-refractivity contribution in [3.05, 3.63) is 29.6 Å². The number of anilines is 2. The molecule has 1 amide bonds. The third kappa shape index (κ3) is 3.77. The van der Waals surface area contributed by atoms with Crippen LogP contribution in [0.1, 0.15) is 61.9 Å². The number of nitrogens with zero attached hydrogens (tertiary/aromatic N) is 4. The largest absolute Gasteiger partial charge is 0.371 e. The molecule has 0 bridgehead atoms. The standard InChI is InChI=1S/C21H27N5OS/c1-14-12-16(6-9-18(14)25-10-2-3-11-25)22-19(27)13-28-21-24-23-20(15-4-5-15)26(21)17-7-8-17/h6,9,12,15,17H,2-5,7-8,10-11,13H2,1H3,(H,22,27). The Kier molecular flexibility index (Phi) is 4.78. The van der Waals surface area contributed by atoms with Gasteiger partial charge in [0.2, 0.25) is 5.91 Å². The van der Waals surface area contributed by atoms with Gasteiger partial charge in [0.15, 0.2) is 5.16 Å². The highest BCUT2D eigenvalue weighted by Gasteiger charge is 2.36. The fourth-order valence-electron chi connectivity index (χ4n) is 4.06. The normalized spacial score (nSPS) is 19.2. The van der Waals surface area contributed by atoms with Crippen LogP contribution >= 0.6 is 11.8 Å². The first-order valence-electron chi connectivity index (χ1n) is 10.4. The summed E-state index contributed by atoms with van der Waals surface area (Å²) in [5, 5.41) is 12.7. The highest BCUT2D eigenvalue weighted by atomic mass is 32.2. The minimum absolute atomic E-state index is 0.0108. The second-order valence-corrected chi connectivity index (χ2v) is 9.19. The number of hydrogen-bond acceptors (Lipinski definition) is 5. The lowest BCUT2D eigenvalue weighted by atomic mass is 10.1. The van der Waals surface area contributed by atoms with E-state index in [9.17, 15) is 4.79 Å². The number of rotatable bonds is 7. The summed E-state index contributed by atoms with van der Waals surface area (Å²) in [6.45, 7) is 4.39. The van der Waals surface area contributed by atoms with Gasteiger partial charge in [-0.2, -0.15) is 0 Å². The monoisotopic (exact) mass is 397 g/mol. The lowest BCUT2D eigenvalue weighted by molar-refractivity contribution is -0.113. The summed E-state index contributed by atoms with van der Waals surface area (Å²) in [6, 6.07) is 6.78. The molecule has 6 nitrogen and oxygen atoms in total. The molecule has 2 saturated carbocycles. The van der Waals surface area contributed by atoms with Crippen molar-refractivity contribution in [3.63, 3.8) is 0 Å². The van der Waals surface area contributed by atoms with E-state index in [1.54, 1.807) is 0 Å². The van der Waals surface area contributed by atoms with E-state index >= 15 is 0 Å². The van der Waals surface area contributed by atoms with Gasteiger partial charge < -0.3 is 14.8 Å². The van der Waals surface area contributed by atoms with Crippen LogP contribution in [-0.4, -0.2) is 39.5 Å². The van der Waals surface area contributed by atoms with E-state index < -0.39 is 0 Å². The third-order valence-electron chi connectivity index (χ3n) is 5.81. The van der Waals surface area contributed by atoms with Gasteiger partial charge >= 0.3 is 0 Å². The molecular formula is C21H27N5OS. The Morgan fingerprint density at radius 1 is 1.18 bits per heavy atom. The molecular weight excluding hydrogens is 370 g/mol. The van der Waals surface area contributed by atoms with Crippen molar-refractivity contribution in [2.75, 3.05) is 29.1 Å². The first-order valence-corrected chi connectivity index (χ1v) is 11.4. The second-order valence-electron chi connectivity index (χ2n) is 8.25. The van der Waals surface area contributed by atoms with Crippen LogP contribution in [0.2, 0.25) is 0 Å². The van der Waals surface area contributed by atoms with Crippen molar-refractivity contribution in [1.29, 1.82) is 0 Å². The van der Waals surface area contributed by atoms with Gasteiger partial charge in [0.05, 0.1) is 5.75 Å². The van der Waals surface area contributed by atoms with Crippen LogP contribution in [0.3, 0.4) is 0 Å². The van der Waals surface area contributed by atoms with Crippen LogP contribution < -0.4 is 10.2 Å². The summed E-state index contributed by atoms with van der Waals surface area (Å²) in [6.07, 6.45) is 7.40. The number of carbonyl (C=O) groups is 1. The SMILES string of the molecule is Cc1cc(NC(=O)CSc2nnc(C3CC3)n2C2CC2)ccc1N1CCCC1. The van der Waals surface area contributed by atoms with Crippen LogP contribution in [0.25, 0.3) is 0 Å². The Morgan fingerprint density at radius 3 is 2.64 bits per heavy atom. The molecule has 1 saturated heterocycles. The first kappa shape index (κ1) is 18.0. The van der Waals surface area contributed by atoms with Crippen LogP contribution in [0, 0.1) is 6.92 Å². The summed E-state index contributed by atoms with van der Waals surface area (Å²) in [7, 11) is 0. The lowest BCUT2D eigenvalue weighted by Crippen LogP contribution is -2.19. The number of nitrogens with one attached hydrogen (secondary N) is 1. The van der Waals surface area contributed by atoms with Gasteiger partial charge in [0.25, 0.3) is 0 Å². The van der Waals surface area contributed by atoms with E-state index in [1.165, 1.54) is 61.5 Å². The molecule has 28 heavy (non-hydrogen) atoms. The summed E-state index contributed by atoms with van der Waals surface area (Å²) < 4.78 is 2.30. The highest BCUT2D eigenvalue weighted by Crippen LogP contribution is 2.46. The number of amides is 1. The molecule has 2 aromatic rings. The molecule has 0 spiro atoms. The van der Waals surface area contributed by atoms with Crippen molar-refractivity contribution in [2.24, 2.45) is 0 Å². The zero-order valence-electron chi connectivity index (χ0n) is 16.4. The summed E-state index contributed by atoms with van der Waals surface area (Å²) in [5.74, 6) is 2.10. The second kappa shape index (κ2) is 7.43. The Bertz CT molecular complexity index is 881. The third-order valence-corrected chi connectivity index (χ3v) is 6.75. The average Bonchev–Trinajstić information content (AvgIpc) is 3.61. The van der Waals surface area contributed by atoms with E-state index in [-0.39, 0.29) is 5.91 Å². The molecule has 0 atom stereocenters. The molecule has 7 heteroatoms. The van der Waals surface area contributed by atoms with Crippen LogP contribution in [-0.2, 0) is 4.79 Å². The van der Waals surface area contributed by atoms with Gasteiger partial charge in [-0.15, -0.1) is 10.2 Å². The molecule has 1 aromatic heterocycles. The molecule has 1 aromatic carbocycles. The fraction of sp³-hybridized carbons (Fsp3) is 0.571. The summed E-state index contributed by atoms with van der Waals surface area (Å²) in [5.41, 5.74) is 3.37. The van der Waals surface area contributed by atoms with E-state index in [0.717, 1.165) is 29.8 Å². The molecule has 0 unspecified atom stereocenters. The fourth-order valence-corrected chi connectivity index (χ4v) is 4.87. The van der Waals surface area contributed by atoms with Crippen molar-refractivity contribution < 1.29 is 4.79 Å². The smallest absolute Gasteiger partial charge is 0.234 e. The minimum atomic E-state index is 0.0108. The molecule has 3 aliphatic rings. The lowest BCUT2D eigenvalue weighted by Gasteiger charge is -2.20. The predicted octanol–water partition coefficient (Wildman–Crippen LogP) is 4.13. The van der Waals surface area contributed by atoms with Crippen LogP contribution in [0.15, 0.2) is 23.4 Å². The van der Waals surface area contributed by atoms with Gasteiger partial charge in [0.1, 0.15) is 5.82 Å². The quantitative estimate of drug-likeness (QED) is 0.712. The molecule has 1 aliphatic heterocycles. The Hall–Kier alpha value is -2.02. The molecule has 148 valence electrons. The number of aromatic nitrogens is 3. The minimum Gasteiger partial charge on any atom is -0.371 e. The van der Waals surface area contributed by atoms with Gasteiger partial charge in [-0.1, -0.05) is 11.8 Å². The number of benzene rings is 1. The van der Waals surface area contributed by atoms with Crippen molar-refractivity contribution >= 4 is 29.0 Å². The maximum atomic E-state index is 12.5. The Labute approximate surface area is 170 Å².